The second-order valence-corrected chi connectivity index (χ2v) is 6.09. The molecule has 0 spiro atoms. The zero-order valence-corrected chi connectivity index (χ0v) is 14.1. The van der Waals surface area contributed by atoms with Crippen LogP contribution >= 0.6 is 0 Å². The van der Waals surface area contributed by atoms with E-state index in [0.717, 1.165) is 25.9 Å². The van der Waals surface area contributed by atoms with E-state index in [1.54, 1.807) is 30.1 Å². The molecule has 0 aromatic heterocycles. The van der Waals surface area contributed by atoms with Gasteiger partial charge in [-0.15, -0.1) is 0 Å². The number of nitrogens with one attached hydrogen (secondary N) is 1. The highest BCUT2D eigenvalue weighted by Crippen LogP contribution is 2.16. The standard InChI is InChI=1S/C18H23FN4O/c1-22-9-7-16(8-10-22)23(2)18(24)15(11-20)13-21-12-14-5-3-4-6-17(14)19/h3-6,13,16,21H,7-10,12H2,1-2H3/b15-13-. The number of benzene rings is 1. The fourth-order valence-electron chi connectivity index (χ4n) is 2.78. The van der Waals surface area contributed by atoms with Gasteiger partial charge in [0.25, 0.3) is 5.91 Å². The molecule has 0 atom stereocenters. The van der Waals surface area contributed by atoms with Crippen molar-refractivity contribution in [1.82, 2.24) is 15.1 Å². The Balaban J connectivity index is 1.95. The third-order valence-corrected chi connectivity index (χ3v) is 4.40. The Hall–Kier alpha value is -2.39. The number of nitriles is 1. The van der Waals surface area contributed by atoms with Crippen LogP contribution in [-0.4, -0.2) is 48.9 Å². The van der Waals surface area contributed by atoms with E-state index in [0.29, 0.717) is 5.56 Å². The summed E-state index contributed by atoms with van der Waals surface area (Å²) >= 11 is 0. The first-order valence-electron chi connectivity index (χ1n) is 8.05. The molecule has 1 saturated heterocycles. The summed E-state index contributed by atoms with van der Waals surface area (Å²) in [6.45, 7) is 2.11. The summed E-state index contributed by atoms with van der Waals surface area (Å²) < 4.78 is 13.6. The number of halogens is 1. The molecular formula is C18H23FN4O. The summed E-state index contributed by atoms with van der Waals surface area (Å²) in [5, 5.41) is 12.1. The van der Waals surface area contributed by atoms with Gasteiger partial charge < -0.3 is 15.1 Å². The maximum atomic E-state index is 13.6. The van der Waals surface area contributed by atoms with Crippen molar-refractivity contribution in [1.29, 1.82) is 5.26 Å². The maximum Gasteiger partial charge on any atom is 0.265 e. The van der Waals surface area contributed by atoms with Crippen molar-refractivity contribution in [2.45, 2.75) is 25.4 Å². The lowest BCUT2D eigenvalue weighted by molar-refractivity contribution is -0.128. The van der Waals surface area contributed by atoms with E-state index in [9.17, 15) is 14.4 Å². The van der Waals surface area contributed by atoms with Gasteiger partial charge in [0.15, 0.2) is 0 Å². The SMILES string of the molecule is CN1CCC(N(C)C(=O)/C(C#N)=C\NCc2ccccc2F)CC1. The number of hydrogen-bond acceptors (Lipinski definition) is 4. The average Bonchev–Trinajstić information content (AvgIpc) is 2.60. The summed E-state index contributed by atoms with van der Waals surface area (Å²) in [4.78, 5) is 16.3. The Morgan fingerprint density at radius 1 is 1.46 bits per heavy atom. The number of amides is 1. The summed E-state index contributed by atoms with van der Waals surface area (Å²) in [7, 11) is 3.80. The molecule has 0 radical (unpaired) electrons. The molecule has 128 valence electrons. The van der Waals surface area contributed by atoms with E-state index in [1.165, 1.54) is 12.3 Å². The first-order valence-corrected chi connectivity index (χ1v) is 8.05. The van der Waals surface area contributed by atoms with E-state index in [4.69, 9.17) is 0 Å². The van der Waals surface area contributed by atoms with Gasteiger partial charge in [-0.2, -0.15) is 5.26 Å². The topological polar surface area (TPSA) is 59.4 Å². The molecule has 1 amide bonds. The molecule has 24 heavy (non-hydrogen) atoms. The first-order chi connectivity index (χ1) is 11.5. The number of piperidine rings is 1. The van der Waals surface area contributed by atoms with Crippen LogP contribution in [0.4, 0.5) is 4.39 Å². The van der Waals surface area contributed by atoms with Gasteiger partial charge in [-0.05, 0) is 39.0 Å². The lowest BCUT2D eigenvalue weighted by atomic mass is 10.0. The zero-order chi connectivity index (χ0) is 17.5. The second-order valence-electron chi connectivity index (χ2n) is 6.09. The Morgan fingerprint density at radius 3 is 2.75 bits per heavy atom. The molecule has 0 bridgehead atoms. The molecule has 0 saturated carbocycles. The largest absolute Gasteiger partial charge is 0.385 e. The van der Waals surface area contributed by atoms with Crippen molar-refractivity contribution in [2.24, 2.45) is 0 Å². The van der Waals surface area contributed by atoms with Gasteiger partial charge in [0.05, 0.1) is 0 Å². The van der Waals surface area contributed by atoms with Crippen LogP contribution in [0.2, 0.25) is 0 Å². The Labute approximate surface area is 142 Å². The lowest BCUT2D eigenvalue weighted by Crippen LogP contribution is -2.45. The molecular weight excluding hydrogens is 307 g/mol. The van der Waals surface area contributed by atoms with Gasteiger partial charge in [-0.25, -0.2) is 4.39 Å². The average molecular weight is 330 g/mol. The summed E-state index contributed by atoms with van der Waals surface area (Å²) in [6.07, 6.45) is 3.18. The predicted octanol–water partition coefficient (Wildman–Crippen LogP) is 1.88. The number of rotatable bonds is 5. The Bertz CT molecular complexity index is 645. The number of hydrogen-bond donors (Lipinski definition) is 1. The molecule has 0 unspecified atom stereocenters. The van der Waals surface area contributed by atoms with Crippen LogP contribution in [0, 0.1) is 17.1 Å². The maximum absolute atomic E-state index is 13.6. The Morgan fingerprint density at radius 2 is 2.12 bits per heavy atom. The van der Waals surface area contributed by atoms with E-state index in [1.807, 2.05) is 6.07 Å². The number of nitrogens with zero attached hydrogens (tertiary/aromatic N) is 3. The fourth-order valence-corrected chi connectivity index (χ4v) is 2.78. The molecule has 5 nitrogen and oxygen atoms in total. The van der Waals surface area contributed by atoms with Crippen LogP contribution in [0.1, 0.15) is 18.4 Å². The highest BCUT2D eigenvalue weighted by Gasteiger charge is 2.25. The third-order valence-electron chi connectivity index (χ3n) is 4.40. The van der Waals surface area contributed by atoms with Crippen molar-refractivity contribution in [3.63, 3.8) is 0 Å². The monoisotopic (exact) mass is 330 g/mol. The summed E-state index contributed by atoms with van der Waals surface area (Å²) in [6, 6.07) is 8.49. The molecule has 1 aliphatic heterocycles. The van der Waals surface area contributed by atoms with Crippen molar-refractivity contribution in [2.75, 3.05) is 27.2 Å². The van der Waals surface area contributed by atoms with Crippen LogP contribution in [0.3, 0.4) is 0 Å². The lowest BCUT2D eigenvalue weighted by Gasteiger charge is -2.34. The molecule has 1 aromatic rings. The second kappa shape index (κ2) is 8.46. The normalized spacial score (nSPS) is 16.5. The fraction of sp³-hybridized carbons (Fsp3) is 0.444. The third kappa shape index (κ3) is 4.56. The van der Waals surface area contributed by atoms with Crippen molar-refractivity contribution >= 4 is 5.91 Å². The molecule has 1 aromatic carbocycles. The number of likely N-dealkylation sites (tertiary alicyclic amines) is 1. The molecule has 1 fully saturated rings. The van der Waals surface area contributed by atoms with Crippen LogP contribution in [0.5, 0.6) is 0 Å². The van der Waals surface area contributed by atoms with Gasteiger partial charge >= 0.3 is 0 Å². The van der Waals surface area contributed by atoms with Gasteiger partial charge in [-0.1, -0.05) is 18.2 Å². The summed E-state index contributed by atoms with van der Waals surface area (Å²) in [5.74, 6) is -0.611. The van der Waals surface area contributed by atoms with Gasteiger partial charge in [0.1, 0.15) is 17.5 Å². The van der Waals surface area contributed by atoms with Crippen LogP contribution in [0.15, 0.2) is 36.0 Å². The van der Waals surface area contributed by atoms with E-state index < -0.39 is 0 Å². The van der Waals surface area contributed by atoms with E-state index in [2.05, 4.69) is 17.3 Å². The van der Waals surface area contributed by atoms with Crippen molar-refractivity contribution < 1.29 is 9.18 Å². The van der Waals surface area contributed by atoms with Gasteiger partial charge in [0, 0.05) is 31.4 Å². The smallest absolute Gasteiger partial charge is 0.265 e. The first kappa shape index (κ1) is 18.0. The molecule has 1 heterocycles. The minimum atomic E-state index is -0.313. The van der Waals surface area contributed by atoms with Gasteiger partial charge in [-0.3, -0.25) is 4.79 Å². The number of likely N-dealkylation sites (N-methyl/N-ethyl adjacent to an activating group) is 1. The minimum absolute atomic E-state index is 0.0350. The van der Waals surface area contributed by atoms with Crippen LogP contribution in [-0.2, 0) is 11.3 Å². The Kier molecular flexibility index (Phi) is 6.33. The van der Waals surface area contributed by atoms with E-state index in [-0.39, 0.29) is 29.9 Å². The van der Waals surface area contributed by atoms with Gasteiger partial charge in [0.2, 0.25) is 0 Å². The quantitative estimate of drug-likeness (QED) is 0.661. The predicted molar refractivity (Wildman–Crippen MR) is 90.2 cm³/mol. The number of carbonyl (C=O) groups is 1. The highest BCUT2D eigenvalue weighted by molar-refractivity contribution is 5.97. The van der Waals surface area contributed by atoms with Crippen LogP contribution in [0.25, 0.3) is 0 Å². The van der Waals surface area contributed by atoms with Crippen molar-refractivity contribution in [3.8, 4) is 6.07 Å². The minimum Gasteiger partial charge on any atom is -0.385 e. The molecule has 6 heteroatoms. The van der Waals surface area contributed by atoms with E-state index >= 15 is 0 Å². The molecule has 1 aliphatic rings. The highest BCUT2D eigenvalue weighted by atomic mass is 19.1. The summed E-state index contributed by atoms with van der Waals surface area (Å²) in [5.41, 5.74) is 0.523. The zero-order valence-electron chi connectivity index (χ0n) is 14.1. The van der Waals surface area contributed by atoms with Crippen molar-refractivity contribution in [3.05, 3.63) is 47.4 Å². The molecule has 2 rings (SSSR count). The molecule has 1 N–H and O–H groups in total. The van der Waals surface area contributed by atoms with Crippen LogP contribution < -0.4 is 5.32 Å². The molecule has 0 aliphatic carbocycles. The number of carbonyl (C=O) groups excluding carboxylic acids is 1.